The van der Waals surface area contributed by atoms with Gasteiger partial charge < -0.3 is 19.7 Å². The number of anilines is 1. The Morgan fingerprint density at radius 1 is 1.23 bits per heavy atom. The number of ether oxygens (including phenoxy) is 2. The Bertz CT molecular complexity index is 1650. The molecule has 0 bridgehead atoms. The quantitative estimate of drug-likeness (QED) is 0.377. The van der Waals surface area contributed by atoms with E-state index in [0.717, 1.165) is 36.9 Å². The highest BCUT2D eigenvalue weighted by Gasteiger charge is 2.49. The van der Waals surface area contributed by atoms with E-state index in [4.69, 9.17) is 20.3 Å². The summed E-state index contributed by atoms with van der Waals surface area (Å²) in [7, 11) is 1.43. The third-order valence-electron chi connectivity index (χ3n) is 8.31. The standard InChI is InChI=1S/C30H30F3N7O4/c1-29(16-44-17-29)28(42)39-10-3-4-19(15-39)25-22-14-35-9-11-40(22,34)26(38-25)21-6-5-18(12-23(21)43-2)27(41)37-24-13-20(7-8-36-24)30(31,32)33/h5-9,11-14,19H,3-4,10,15-17,34H2,1-2H3/p+1. The molecule has 1 aromatic heterocycles. The number of carbonyl (C=O) groups is 2. The third-order valence-corrected chi connectivity index (χ3v) is 8.31. The normalized spacial score (nSPS) is 24.0. The number of nitrogens with one attached hydrogen (secondary N) is 1. The number of aromatic nitrogens is 1. The number of amides is 2. The van der Waals surface area contributed by atoms with Gasteiger partial charge in [0.2, 0.25) is 11.6 Å². The second-order valence-corrected chi connectivity index (χ2v) is 11.5. The van der Waals surface area contributed by atoms with Gasteiger partial charge in [-0.1, -0.05) is 0 Å². The molecule has 2 saturated heterocycles. The Morgan fingerprint density at radius 2 is 2.02 bits per heavy atom. The van der Waals surface area contributed by atoms with Gasteiger partial charge in [-0.3, -0.25) is 14.6 Å². The molecule has 14 heteroatoms. The molecule has 4 aliphatic heterocycles. The average molecular weight is 611 g/mol. The molecule has 0 aliphatic carbocycles. The number of aliphatic imine (C=N–C) groups is 2. The highest BCUT2D eigenvalue weighted by atomic mass is 19.4. The van der Waals surface area contributed by atoms with Crippen molar-refractivity contribution in [3.05, 3.63) is 77.0 Å². The van der Waals surface area contributed by atoms with Gasteiger partial charge in [0.1, 0.15) is 29.0 Å². The molecule has 6 rings (SSSR count). The maximum atomic E-state index is 13.3. The van der Waals surface area contributed by atoms with E-state index in [0.29, 0.717) is 43.4 Å². The van der Waals surface area contributed by atoms with E-state index in [1.54, 1.807) is 24.7 Å². The van der Waals surface area contributed by atoms with E-state index in [1.807, 2.05) is 11.8 Å². The number of nitrogens with zero attached hydrogens (tertiary/aromatic N) is 5. The molecule has 0 spiro atoms. The van der Waals surface area contributed by atoms with Crippen LogP contribution in [0.25, 0.3) is 0 Å². The van der Waals surface area contributed by atoms with Crippen LogP contribution >= 0.6 is 0 Å². The Balaban J connectivity index is 1.28. The summed E-state index contributed by atoms with van der Waals surface area (Å²) in [5, 5.41) is 2.40. The molecule has 3 N–H and O–H groups in total. The number of carbonyl (C=O) groups excluding carboxylic acids is 2. The zero-order valence-corrected chi connectivity index (χ0v) is 24.1. The zero-order chi connectivity index (χ0) is 31.3. The van der Waals surface area contributed by atoms with Gasteiger partial charge in [0.25, 0.3) is 11.7 Å². The van der Waals surface area contributed by atoms with Crippen molar-refractivity contribution in [2.45, 2.75) is 25.9 Å². The lowest BCUT2D eigenvalue weighted by molar-refractivity contribution is -0.750. The first kappa shape index (κ1) is 29.7. The van der Waals surface area contributed by atoms with Crippen LogP contribution in [-0.2, 0) is 15.7 Å². The largest absolute Gasteiger partial charge is 0.496 e. The summed E-state index contributed by atoms with van der Waals surface area (Å²) >= 11 is 0. The average Bonchev–Trinajstić information content (AvgIpc) is 3.31. The fourth-order valence-corrected chi connectivity index (χ4v) is 5.87. The van der Waals surface area contributed by atoms with Crippen LogP contribution in [0.1, 0.15) is 41.3 Å². The van der Waals surface area contributed by atoms with Crippen molar-refractivity contribution in [1.82, 2.24) is 9.88 Å². The maximum Gasteiger partial charge on any atom is 0.416 e. The number of allylic oxidation sites excluding steroid dienone is 1. The number of hydrogen-bond acceptors (Lipinski definition) is 8. The van der Waals surface area contributed by atoms with Gasteiger partial charge in [-0.05, 0) is 50.1 Å². The molecule has 2 aromatic rings. The number of rotatable bonds is 6. The first-order chi connectivity index (χ1) is 20.9. The molecule has 44 heavy (non-hydrogen) atoms. The maximum absolute atomic E-state index is 13.3. The summed E-state index contributed by atoms with van der Waals surface area (Å²) in [5.74, 6) is 6.74. The number of benzene rings is 1. The van der Waals surface area contributed by atoms with Crippen molar-refractivity contribution in [3.63, 3.8) is 0 Å². The molecule has 2 amide bonds. The van der Waals surface area contributed by atoms with Gasteiger partial charge >= 0.3 is 6.18 Å². The summed E-state index contributed by atoms with van der Waals surface area (Å²) in [6, 6.07) is 6.20. The number of alkyl halides is 3. The zero-order valence-electron chi connectivity index (χ0n) is 24.1. The molecule has 2 atom stereocenters. The lowest BCUT2D eigenvalue weighted by Gasteiger charge is -2.42. The van der Waals surface area contributed by atoms with Gasteiger partial charge in [-0.25, -0.2) is 4.98 Å². The van der Waals surface area contributed by atoms with Crippen molar-refractivity contribution in [2.75, 3.05) is 38.7 Å². The van der Waals surface area contributed by atoms with Crippen molar-refractivity contribution in [2.24, 2.45) is 27.2 Å². The van der Waals surface area contributed by atoms with Crippen molar-refractivity contribution >= 4 is 29.7 Å². The first-order valence-corrected chi connectivity index (χ1v) is 14.1. The van der Waals surface area contributed by atoms with Gasteiger partial charge in [0.05, 0.1) is 43.7 Å². The van der Waals surface area contributed by atoms with Crippen LogP contribution in [0.2, 0.25) is 0 Å². The smallest absolute Gasteiger partial charge is 0.416 e. The summed E-state index contributed by atoms with van der Waals surface area (Å²) in [5.41, 5.74) is 0.596. The van der Waals surface area contributed by atoms with Gasteiger partial charge in [0.15, 0.2) is 0 Å². The highest BCUT2D eigenvalue weighted by Crippen LogP contribution is 2.40. The van der Waals surface area contributed by atoms with Crippen LogP contribution < -0.4 is 15.9 Å². The molecule has 4 aliphatic rings. The topological polar surface area (TPSA) is 132 Å². The summed E-state index contributed by atoms with van der Waals surface area (Å²) in [6.07, 6.45) is 2.95. The van der Waals surface area contributed by atoms with E-state index in [1.165, 1.54) is 19.2 Å². The van der Waals surface area contributed by atoms with Crippen molar-refractivity contribution in [3.8, 4) is 5.75 Å². The minimum atomic E-state index is -4.58. The lowest BCUT2D eigenvalue weighted by atomic mass is 9.85. The van der Waals surface area contributed by atoms with Crippen LogP contribution in [0.4, 0.5) is 19.0 Å². The molecule has 5 heterocycles. The third kappa shape index (κ3) is 5.18. The molecule has 1 aromatic carbocycles. The monoisotopic (exact) mass is 610 g/mol. The number of pyridine rings is 1. The van der Waals surface area contributed by atoms with Crippen molar-refractivity contribution < 1.29 is 36.8 Å². The summed E-state index contributed by atoms with van der Waals surface area (Å²) in [4.78, 5) is 41.3. The van der Waals surface area contributed by atoms with Crippen LogP contribution in [0.15, 0.2) is 70.3 Å². The Kier molecular flexibility index (Phi) is 7.38. The molecule has 2 unspecified atom stereocenters. The van der Waals surface area contributed by atoms with E-state index in [9.17, 15) is 22.8 Å². The molecule has 2 fully saturated rings. The predicted molar refractivity (Wildman–Crippen MR) is 154 cm³/mol. The van der Waals surface area contributed by atoms with Gasteiger partial charge in [-0.2, -0.15) is 24.0 Å². The molecular formula is C30H31F3N7O4+. The number of fused-ring (bicyclic) bond motifs is 1. The second-order valence-electron chi connectivity index (χ2n) is 11.5. The number of piperidine rings is 1. The highest BCUT2D eigenvalue weighted by molar-refractivity contribution is 6.07. The fraction of sp³-hybridized carbons (Fsp3) is 0.367. The van der Waals surface area contributed by atoms with E-state index in [-0.39, 0.29) is 33.5 Å². The number of methoxy groups -OCH3 is 1. The second kappa shape index (κ2) is 10.9. The number of likely N-dealkylation sites (tertiary alicyclic amines) is 1. The molecule has 0 saturated carbocycles. The molecule has 11 nitrogen and oxygen atoms in total. The van der Waals surface area contributed by atoms with Crippen LogP contribution in [0, 0.1) is 11.3 Å². The number of hydrogen-bond donors (Lipinski definition) is 2. The SMILES string of the molecule is COc1cc(C(=O)Nc2cc(C(F)(F)F)ccn2)ccc1C1=NC(C2CCCN(C(=O)C3(C)COC3)C2)=C2C=NC=C[N+]12N. The number of amidine groups is 1. The Morgan fingerprint density at radius 3 is 2.73 bits per heavy atom. The predicted octanol–water partition coefficient (Wildman–Crippen LogP) is 3.85. The molecule has 230 valence electrons. The lowest BCUT2D eigenvalue weighted by Crippen LogP contribution is -2.55. The first-order valence-electron chi connectivity index (χ1n) is 14.1. The van der Waals surface area contributed by atoms with Crippen LogP contribution in [0.5, 0.6) is 5.75 Å². The van der Waals surface area contributed by atoms with Gasteiger partial charge in [0, 0.05) is 30.8 Å². The summed E-state index contributed by atoms with van der Waals surface area (Å²) in [6.45, 7) is 3.89. The van der Waals surface area contributed by atoms with Crippen LogP contribution in [0.3, 0.4) is 0 Å². The fourth-order valence-electron chi connectivity index (χ4n) is 5.87. The van der Waals surface area contributed by atoms with Gasteiger partial charge in [-0.15, -0.1) is 4.59 Å². The summed E-state index contributed by atoms with van der Waals surface area (Å²) < 4.78 is 50.0. The Hall–Kier alpha value is -4.40. The number of nitrogens with two attached hydrogens (primary N) is 1. The number of quaternary nitrogens is 1. The minimum Gasteiger partial charge on any atom is -0.496 e. The molecular weight excluding hydrogens is 579 g/mol. The number of halogens is 3. The molecule has 0 radical (unpaired) electrons. The minimum absolute atomic E-state index is 0.0721. The van der Waals surface area contributed by atoms with E-state index < -0.39 is 23.1 Å². The van der Waals surface area contributed by atoms with Crippen molar-refractivity contribution in [1.29, 1.82) is 0 Å². The Labute approximate surface area is 251 Å². The van der Waals surface area contributed by atoms with E-state index in [2.05, 4.69) is 15.3 Å². The van der Waals surface area contributed by atoms with E-state index >= 15 is 0 Å². The van der Waals surface area contributed by atoms with Crippen LogP contribution in [-0.4, -0.2) is 71.8 Å².